The second kappa shape index (κ2) is 29.2. The molecule has 304 valence electrons. The van der Waals surface area contributed by atoms with Gasteiger partial charge in [-0.1, -0.05) is 0 Å². The van der Waals surface area contributed by atoms with Gasteiger partial charge in [-0.3, -0.25) is 22.7 Å². The topological polar surface area (TPSA) is 240 Å². The highest BCUT2D eigenvalue weighted by Crippen LogP contribution is 2.36. The Hall–Kier alpha value is -3.04. The van der Waals surface area contributed by atoms with Gasteiger partial charge < -0.3 is 70.8 Å². The van der Waals surface area contributed by atoms with E-state index in [9.17, 15) is 57.4 Å². The van der Waals surface area contributed by atoms with Gasteiger partial charge in [0.2, 0.25) is 0 Å². The highest BCUT2D eigenvalue weighted by atomic mass is 79.9. The highest BCUT2D eigenvalue weighted by molar-refractivity contribution is 7.52. The van der Waals surface area contributed by atoms with Gasteiger partial charge in [-0.05, 0) is 47.4 Å². The van der Waals surface area contributed by atoms with E-state index in [1.54, 1.807) is 0 Å². The molecule has 0 aromatic rings. The van der Waals surface area contributed by atoms with Crippen LogP contribution in [-0.4, -0.2) is 163 Å². The predicted octanol–water partition coefficient (Wildman–Crippen LogP) is -4.31. The maximum Gasteiger partial charge on any atom is 0.326 e. The molecule has 0 amide bonds. The van der Waals surface area contributed by atoms with Crippen LogP contribution < -0.4 is 17.0 Å². The molecular formula is C35H45BrN4O12P4. The first-order valence-corrected chi connectivity index (χ1v) is 23.4. The number of nitrogens with zero attached hydrogens (tertiary/aromatic N) is 4. The van der Waals surface area contributed by atoms with E-state index >= 15 is 0 Å². The maximum atomic E-state index is 11.5. The van der Waals surface area contributed by atoms with E-state index in [1.807, 2.05) is 19.0 Å². The molecule has 0 atom stereocenters. The SMILES string of the molecule is C#CC#CC#CC#CC#CC#CC#CC#CC#C[N+](C)(C)CCCN(CCN(CCP(=O)(O)O)CCP(=O)(O)O)CCN(CCP(=O)(O)O)CCP(=O)(O)O.[Br-]. The molecule has 0 spiro atoms. The number of hydrogen-bond acceptors (Lipinski definition) is 7. The zero-order valence-corrected chi connectivity index (χ0v) is 36.0. The average Bonchev–Trinajstić information content (AvgIpc) is 3.05. The molecule has 0 rings (SSSR count). The summed E-state index contributed by atoms with van der Waals surface area (Å²) in [5, 5.41) is 0. The third-order valence-electron chi connectivity index (χ3n) is 6.79. The number of rotatable bonds is 22. The third kappa shape index (κ3) is 39.2. The van der Waals surface area contributed by atoms with E-state index in [-0.39, 0.29) is 73.8 Å². The number of halogens is 1. The Morgan fingerprint density at radius 3 is 0.946 bits per heavy atom. The smallest absolute Gasteiger partial charge is 0.326 e. The predicted molar refractivity (Wildman–Crippen MR) is 210 cm³/mol. The van der Waals surface area contributed by atoms with Crippen molar-refractivity contribution in [2.75, 3.05) is 104 Å². The third-order valence-corrected chi connectivity index (χ3v) is 9.92. The van der Waals surface area contributed by atoms with Crippen LogP contribution in [0.2, 0.25) is 0 Å². The molecular weight excluding hydrogens is 872 g/mol. The summed E-state index contributed by atoms with van der Waals surface area (Å²) in [6.45, 7) is 1.36. The van der Waals surface area contributed by atoms with Crippen LogP contribution >= 0.6 is 30.4 Å². The molecule has 0 saturated carbocycles. The molecule has 0 aromatic heterocycles. The number of terminal acetylenes is 1. The molecule has 0 aliphatic rings. The van der Waals surface area contributed by atoms with Crippen molar-refractivity contribution in [1.82, 2.24) is 14.7 Å². The van der Waals surface area contributed by atoms with Gasteiger partial charge in [-0.2, -0.15) is 0 Å². The fourth-order valence-electron chi connectivity index (χ4n) is 4.03. The average molecular weight is 918 g/mol. The highest BCUT2D eigenvalue weighted by Gasteiger charge is 2.23. The summed E-state index contributed by atoms with van der Waals surface area (Å²) in [4.78, 5) is 79.9. The molecule has 0 fully saturated rings. The zero-order valence-electron chi connectivity index (χ0n) is 30.9. The van der Waals surface area contributed by atoms with Crippen molar-refractivity contribution in [3.8, 4) is 107 Å². The fourth-order valence-corrected chi connectivity index (χ4v) is 6.20. The van der Waals surface area contributed by atoms with Gasteiger partial charge in [-0.25, -0.2) is 0 Å². The van der Waals surface area contributed by atoms with E-state index in [1.165, 1.54) is 9.80 Å². The van der Waals surface area contributed by atoms with Crippen molar-refractivity contribution in [3.05, 3.63) is 0 Å². The van der Waals surface area contributed by atoms with Gasteiger partial charge in [0.1, 0.15) is 0 Å². The van der Waals surface area contributed by atoms with Crippen LogP contribution in [-0.2, 0) is 18.3 Å². The van der Waals surface area contributed by atoms with Crippen molar-refractivity contribution in [2.45, 2.75) is 6.42 Å². The van der Waals surface area contributed by atoms with Crippen molar-refractivity contribution < 1.29 is 78.9 Å². The molecule has 56 heavy (non-hydrogen) atoms. The molecule has 0 radical (unpaired) electrons. The molecule has 16 nitrogen and oxygen atoms in total. The molecule has 0 heterocycles. The van der Waals surface area contributed by atoms with Gasteiger partial charge in [0, 0.05) is 107 Å². The van der Waals surface area contributed by atoms with Gasteiger partial charge in [0.25, 0.3) is 0 Å². The van der Waals surface area contributed by atoms with Gasteiger partial charge in [0.05, 0.1) is 51.2 Å². The minimum absolute atomic E-state index is 0. The zero-order chi connectivity index (χ0) is 41.9. The summed E-state index contributed by atoms with van der Waals surface area (Å²) >= 11 is 0. The minimum atomic E-state index is -4.41. The second-order valence-corrected chi connectivity index (χ2v) is 19.1. The van der Waals surface area contributed by atoms with Crippen molar-refractivity contribution in [3.63, 3.8) is 0 Å². The molecule has 0 aromatic carbocycles. The molecule has 21 heteroatoms. The summed E-state index contributed by atoms with van der Waals surface area (Å²) in [6, 6.07) is 3.02. The summed E-state index contributed by atoms with van der Waals surface area (Å²) in [5.41, 5.74) is 0. The number of hydrogen-bond donors (Lipinski definition) is 8. The van der Waals surface area contributed by atoms with E-state index in [2.05, 4.69) is 101 Å². The normalized spacial score (nSPS) is 10.9. The Labute approximate surface area is 340 Å². The van der Waals surface area contributed by atoms with Crippen LogP contribution in [0, 0.1) is 107 Å². The van der Waals surface area contributed by atoms with E-state index < -0.39 is 55.0 Å². The van der Waals surface area contributed by atoms with Gasteiger partial charge in [-0.15, -0.1) is 6.42 Å². The van der Waals surface area contributed by atoms with Crippen molar-refractivity contribution in [1.29, 1.82) is 0 Å². The summed E-state index contributed by atoms with van der Waals surface area (Å²) < 4.78 is 46.3. The van der Waals surface area contributed by atoms with E-state index in [0.29, 0.717) is 19.5 Å². The maximum absolute atomic E-state index is 11.5. The standard InChI is InChI=1S/C35H44N4O12P4.BrH/c1-4-5-6-7-8-9-10-11-12-13-14-15-16-17-18-19-30-39(2,3)31-20-21-36(22-24-37(26-32-52(40,41)42)27-33-53(43,44)45)23-25-38(28-34-54(46,47)48)29-35-55(49,50)51;/h1H,20-29,31-35H2,2-3H3,(H7-,40,41,42,43,44,45,46,47,48,49,50,51);1H. The first-order chi connectivity index (χ1) is 25.5. The van der Waals surface area contributed by atoms with Crippen LogP contribution in [0.15, 0.2) is 0 Å². The second-order valence-electron chi connectivity index (χ2n) is 12.0. The molecule has 8 N–H and O–H groups in total. The Balaban J connectivity index is 0. The minimum Gasteiger partial charge on any atom is -1.00 e. The monoisotopic (exact) mass is 916 g/mol. The lowest BCUT2D eigenvalue weighted by atomic mass is 10.3. The lowest BCUT2D eigenvalue weighted by Crippen LogP contribution is -3.00. The quantitative estimate of drug-likeness (QED) is 0.0292. The number of quaternary nitrogens is 1. The molecule has 0 aliphatic heterocycles. The van der Waals surface area contributed by atoms with E-state index in [0.717, 1.165) is 0 Å². The summed E-state index contributed by atoms with van der Waals surface area (Å²) in [5.74, 6) is 39.6. The Morgan fingerprint density at radius 2 is 0.679 bits per heavy atom. The van der Waals surface area contributed by atoms with Crippen LogP contribution in [0.5, 0.6) is 0 Å². The largest absolute Gasteiger partial charge is 1.00 e. The Bertz CT molecular complexity index is 1930. The van der Waals surface area contributed by atoms with Crippen LogP contribution in [0.3, 0.4) is 0 Å². The summed E-state index contributed by atoms with van der Waals surface area (Å²) in [7, 11) is -13.9. The molecule has 0 unspecified atom stereocenters. The Morgan fingerprint density at radius 1 is 0.429 bits per heavy atom. The lowest BCUT2D eigenvalue weighted by molar-refractivity contribution is -0.822. The molecule has 0 saturated heterocycles. The van der Waals surface area contributed by atoms with Crippen molar-refractivity contribution >= 4 is 30.4 Å². The summed E-state index contributed by atoms with van der Waals surface area (Å²) in [6.07, 6.45) is 3.44. The first-order valence-electron chi connectivity index (χ1n) is 16.2. The van der Waals surface area contributed by atoms with Crippen LogP contribution in [0.4, 0.5) is 0 Å². The Kier molecular flexibility index (Phi) is 28.7. The molecule has 0 bridgehead atoms. The lowest BCUT2D eigenvalue weighted by Gasteiger charge is -2.31. The van der Waals surface area contributed by atoms with Crippen LogP contribution in [0.25, 0.3) is 0 Å². The van der Waals surface area contributed by atoms with Gasteiger partial charge >= 0.3 is 30.4 Å². The van der Waals surface area contributed by atoms with Crippen LogP contribution in [0.1, 0.15) is 6.42 Å². The fraction of sp³-hybridized carbons (Fsp3) is 0.486. The van der Waals surface area contributed by atoms with E-state index in [4.69, 9.17) is 6.42 Å². The van der Waals surface area contributed by atoms with Crippen molar-refractivity contribution in [2.24, 2.45) is 0 Å². The molecule has 0 aliphatic carbocycles. The first kappa shape index (κ1) is 55.1. The van der Waals surface area contributed by atoms with Gasteiger partial charge in [0.15, 0.2) is 6.04 Å².